The molecule has 1 heterocycles. The van der Waals surface area contributed by atoms with E-state index in [-0.39, 0.29) is 12.5 Å². The first-order valence-corrected chi connectivity index (χ1v) is 7.47. The Labute approximate surface area is 112 Å². The van der Waals surface area contributed by atoms with Gasteiger partial charge in [0.05, 0.1) is 0 Å². The molecule has 2 N–H and O–H groups in total. The Bertz CT molecular complexity index is 280. The van der Waals surface area contributed by atoms with Crippen molar-refractivity contribution in [2.75, 3.05) is 25.9 Å². The minimum atomic E-state index is -0.817. The third kappa shape index (κ3) is 6.14. The molecule has 1 aliphatic rings. The standard InChI is InChI=1S/C12H22N2O3S/c1-14(7-4-6-11(15)16)12(17)13-9-10-5-2-3-8-18-10/h10H,2-9H2,1H3,(H,13,17)(H,15,16). The zero-order chi connectivity index (χ0) is 13.4. The molecule has 0 aromatic carbocycles. The predicted octanol–water partition coefficient (Wildman–Crippen LogP) is 1.78. The molecule has 1 atom stereocenters. The third-order valence-electron chi connectivity index (χ3n) is 2.99. The van der Waals surface area contributed by atoms with E-state index in [0.29, 0.717) is 24.8 Å². The summed E-state index contributed by atoms with van der Waals surface area (Å²) < 4.78 is 0. The number of rotatable bonds is 6. The Morgan fingerprint density at radius 1 is 1.44 bits per heavy atom. The lowest BCUT2D eigenvalue weighted by atomic mass is 10.2. The van der Waals surface area contributed by atoms with Gasteiger partial charge in [-0.3, -0.25) is 4.79 Å². The van der Waals surface area contributed by atoms with Crippen molar-refractivity contribution in [1.82, 2.24) is 10.2 Å². The molecule has 0 aromatic rings. The number of nitrogens with zero attached hydrogens (tertiary/aromatic N) is 1. The average molecular weight is 274 g/mol. The highest BCUT2D eigenvalue weighted by molar-refractivity contribution is 7.99. The second-order valence-electron chi connectivity index (χ2n) is 4.59. The van der Waals surface area contributed by atoms with Crippen molar-refractivity contribution >= 4 is 23.8 Å². The van der Waals surface area contributed by atoms with Crippen LogP contribution >= 0.6 is 11.8 Å². The second-order valence-corrected chi connectivity index (χ2v) is 6.00. The highest BCUT2D eigenvalue weighted by Crippen LogP contribution is 2.24. The smallest absolute Gasteiger partial charge is 0.317 e. The number of carboxylic acid groups (broad SMARTS) is 1. The van der Waals surface area contributed by atoms with E-state index in [1.54, 1.807) is 11.9 Å². The lowest BCUT2D eigenvalue weighted by molar-refractivity contribution is -0.137. The van der Waals surface area contributed by atoms with Gasteiger partial charge in [-0.25, -0.2) is 4.79 Å². The number of thioether (sulfide) groups is 1. The zero-order valence-electron chi connectivity index (χ0n) is 10.9. The van der Waals surface area contributed by atoms with Crippen LogP contribution in [-0.4, -0.2) is 53.1 Å². The molecule has 2 amide bonds. The first-order chi connectivity index (χ1) is 8.59. The quantitative estimate of drug-likeness (QED) is 0.774. The van der Waals surface area contributed by atoms with Crippen LogP contribution in [0.5, 0.6) is 0 Å². The molecule has 5 nitrogen and oxygen atoms in total. The number of nitrogens with one attached hydrogen (secondary N) is 1. The summed E-state index contributed by atoms with van der Waals surface area (Å²) in [4.78, 5) is 23.6. The molecule has 1 saturated heterocycles. The summed E-state index contributed by atoms with van der Waals surface area (Å²) in [5, 5.41) is 12.0. The van der Waals surface area contributed by atoms with Crippen molar-refractivity contribution in [3.05, 3.63) is 0 Å². The van der Waals surface area contributed by atoms with Gasteiger partial charge in [0.25, 0.3) is 0 Å². The molecular weight excluding hydrogens is 252 g/mol. The van der Waals surface area contributed by atoms with Crippen molar-refractivity contribution in [3.8, 4) is 0 Å². The predicted molar refractivity (Wildman–Crippen MR) is 73.0 cm³/mol. The summed E-state index contributed by atoms with van der Waals surface area (Å²) in [7, 11) is 1.70. The maximum absolute atomic E-state index is 11.7. The van der Waals surface area contributed by atoms with Crippen LogP contribution in [0.15, 0.2) is 0 Å². The van der Waals surface area contributed by atoms with Gasteiger partial charge < -0.3 is 15.3 Å². The van der Waals surface area contributed by atoms with Crippen molar-refractivity contribution < 1.29 is 14.7 Å². The average Bonchev–Trinajstić information content (AvgIpc) is 2.36. The monoisotopic (exact) mass is 274 g/mol. The van der Waals surface area contributed by atoms with Gasteiger partial charge in [0, 0.05) is 31.8 Å². The topological polar surface area (TPSA) is 69.6 Å². The fraction of sp³-hybridized carbons (Fsp3) is 0.833. The fourth-order valence-corrected chi connectivity index (χ4v) is 3.11. The van der Waals surface area contributed by atoms with E-state index in [4.69, 9.17) is 5.11 Å². The molecule has 6 heteroatoms. The van der Waals surface area contributed by atoms with Gasteiger partial charge in [-0.15, -0.1) is 0 Å². The molecular formula is C12H22N2O3S. The lowest BCUT2D eigenvalue weighted by Gasteiger charge is -2.23. The van der Waals surface area contributed by atoms with Crippen LogP contribution < -0.4 is 5.32 Å². The molecule has 1 rings (SSSR count). The molecule has 104 valence electrons. The van der Waals surface area contributed by atoms with Crippen LogP contribution in [-0.2, 0) is 4.79 Å². The lowest BCUT2D eigenvalue weighted by Crippen LogP contribution is -2.41. The van der Waals surface area contributed by atoms with Gasteiger partial charge in [-0.05, 0) is 25.0 Å². The van der Waals surface area contributed by atoms with Crippen LogP contribution in [0, 0.1) is 0 Å². The van der Waals surface area contributed by atoms with Gasteiger partial charge in [-0.1, -0.05) is 6.42 Å². The summed E-state index contributed by atoms with van der Waals surface area (Å²) in [6.45, 7) is 1.20. The summed E-state index contributed by atoms with van der Waals surface area (Å²) in [6, 6.07) is -0.105. The fourth-order valence-electron chi connectivity index (χ4n) is 1.87. The molecule has 1 fully saturated rings. The number of hydrogen-bond acceptors (Lipinski definition) is 3. The summed E-state index contributed by atoms with van der Waals surface area (Å²) >= 11 is 1.93. The molecule has 18 heavy (non-hydrogen) atoms. The number of hydrogen-bond donors (Lipinski definition) is 2. The number of urea groups is 1. The maximum atomic E-state index is 11.7. The number of carbonyl (C=O) groups is 2. The van der Waals surface area contributed by atoms with E-state index in [9.17, 15) is 9.59 Å². The molecule has 0 aliphatic carbocycles. The SMILES string of the molecule is CN(CCCC(=O)O)C(=O)NCC1CCCCS1. The van der Waals surface area contributed by atoms with Crippen LogP contribution in [0.25, 0.3) is 0 Å². The normalized spacial score (nSPS) is 19.3. The number of carboxylic acids is 1. The minimum Gasteiger partial charge on any atom is -0.481 e. The maximum Gasteiger partial charge on any atom is 0.317 e. The van der Waals surface area contributed by atoms with Crippen molar-refractivity contribution in [2.24, 2.45) is 0 Å². The van der Waals surface area contributed by atoms with E-state index >= 15 is 0 Å². The van der Waals surface area contributed by atoms with E-state index < -0.39 is 5.97 Å². The molecule has 0 radical (unpaired) electrons. The zero-order valence-corrected chi connectivity index (χ0v) is 11.7. The largest absolute Gasteiger partial charge is 0.481 e. The van der Waals surface area contributed by atoms with E-state index in [1.807, 2.05) is 11.8 Å². The molecule has 1 aliphatic heterocycles. The van der Waals surface area contributed by atoms with Crippen molar-refractivity contribution in [3.63, 3.8) is 0 Å². The van der Waals surface area contributed by atoms with Crippen LogP contribution in [0.4, 0.5) is 4.79 Å². The first-order valence-electron chi connectivity index (χ1n) is 6.42. The Kier molecular flexibility index (Phi) is 6.93. The number of aliphatic carboxylic acids is 1. The highest BCUT2D eigenvalue weighted by Gasteiger charge is 2.16. The van der Waals surface area contributed by atoms with E-state index in [1.165, 1.54) is 25.0 Å². The third-order valence-corrected chi connectivity index (χ3v) is 4.38. The Balaban J connectivity index is 2.12. The molecule has 0 aromatic heterocycles. The van der Waals surface area contributed by atoms with E-state index in [2.05, 4.69) is 5.32 Å². The van der Waals surface area contributed by atoms with Crippen LogP contribution in [0.2, 0.25) is 0 Å². The number of carbonyl (C=O) groups excluding carboxylic acids is 1. The van der Waals surface area contributed by atoms with Gasteiger partial charge in [0.1, 0.15) is 0 Å². The van der Waals surface area contributed by atoms with Gasteiger partial charge in [-0.2, -0.15) is 11.8 Å². The van der Waals surface area contributed by atoms with Gasteiger partial charge in [0.2, 0.25) is 0 Å². The van der Waals surface area contributed by atoms with Gasteiger partial charge >= 0.3 is 12.0 Å². The first kappa shape index (κ1) is 15.1. The van der Waals surface area contributed by atoms with E-state index in [0.717, 1.165) is 0 Å². The highest BCUT2D eigenvalue weighted by atomic mass is 32.2. The molecule has 0 bridgehead atoms. The van der Waals surface area contributed by atoms with Crippen molar-refractivity contribution in [1.29, 1.82) is 0 Å². The van der Waals surface area contributed by atoms with Crippen LogP contribution in [0.3, 0.4) is 0 Å². The molecule has 0 saturated carbocycles. The van der Waals surface area contributed by atoms with Crippen molar-refractivity contribution in [2.45, 2.75) is 37.4 Å². The Morgan fingerprint density at radius 2 is 2.22 bits per heavy atom. The summed E-state index contributed by atoms with van der Waals surface area (Å²) in [6.07, 6.45) is 4.31. The molecule has 1 unspecified atom stereocenters. The summed E-state index contributed by atoms with van der Waals surface area (Å²) in [5.41, 5.74) is 0. The molecule has 0 spiro atoms. The second kappa shape index (κ2) is 8.24. The summed E-state index contributed by atoms with van der Waals surface area (Å²) in [5.74, 6) is 0.372. The van der Waals surface area contributed by atoms with Gasteiger partial charge in [0.15, 0.2) is 0 Å². The Morgan fingerprint density at radius 3 is 2.83 bits per heavy atom. The Hall–Kier alpha value is -0.910. The minimum absolute atomic E-state index is 0.105. The number of amides is 2. The van der Waals surface area contributed by atoms with Crippen LogP contribution in [0.1, 0.15) is 32.1 Å².